The van der Waals surface area contributed by atoms with Crippen LogP contribution in [0.1, 0.15) is 64.5 Å². The SMILES string of the molecule is COc1c(Cl)ccc(Cl)c1C(=O)Cl.[C-]#[N+]C1C(=O)NC(=O)C(C#N)=C1c1ccccc1.[C-]#[N+]c1c(O)[nH]c(=O)c(C#N)c1-c1ccccc1.[C-]#[N+]c1c(O)[nH]c(=O)c(C#N)c1-c1ccccc1.[C-]#[N+]c1c(O)[nH]c(=O)c(C#N)c1-c1ccccc1.[C-]#[N+]c1c(OC(=O)c2c(Cl)ccc(Cl)c2CO)nc(OC(=O)c2c(Cl)ccc(Cl)c2OC)c(C#N)c1-c1ccccc1. The maximum absolute atomic E-state index is 13.3. The average molecular weight is 1830 g/mol. The lowest BCUT2D eigenvalue weighted by Gasteiger charge is -2.17. The van der Waals surface area contributed by atoms with Gasteiger partial charge in [0.15, 0.2) is 29.1 Å². The third kappa shape index (κ3) is 21.7. The van der Waals surface area contributed by atoms with Gasteiger partial charge < -0.3 is 54.3 Å². The number of amides is 2. The standard InChI is InChI=1S/C29H15Cl4N3O6.4C13H7N3O2.C8H5Cl3O2/c1-35-24-21(14-6-4-3-5-7-14)15(12-34)26(41-29(39)23-19(32)10-11-20(33)25(23)40-2)36-27(24)42-28(38)22-16(13-37)17(30)8-9-18(22)31;4*1-15-11-10(8-5-3-2-4-6-8)9(7-14)12(17)16-13(11)18;1-13-7-5(10)3-2-4(9)6(7)8(11)12/h3-11,37H,13H2,2H3;3*2-6H,(H2,16,17,18);2-6,11H,(H,16,17,18);2-3H,1H3. The monoisotopic (exact) mass is 1830 g/mol. The summed E-state index contributed by atoms with van der Waals surface area (Å²) in [5, 5.41) is 86.5. The van der Waals surface area contributed by atoms with Gasteiger partial charge in [0.1, 0.15) is 63.7 Å². The lowest BCUT2D eigenvalue weighted by molar-refractivity contribution is -0.128. The van der Waals surface area contributed by atoms with E-state index in [4.69, 9.17) is 154 Å². The molecule has 12 aromatic rings. The van der Waals surface area contributed by atoms with E-state index < -0.39 is 87.7 Å². The Morgan fingerprint density at radius 2 is 0.740 bits per heavy atom. The van der Waals surface area contributed by atoms with E-state index in [0.717, 1.165) is 0 Å². The summed E-state index contributed by atoms with van der Waals surface area (Å²) in [7, 11) is 2.66. The van der Waals surface area contributed by atoms with Crippen LogP contribution in [0.3, 0.4) is 0 Å². The zero-order valence-electron chi connectivity index (χ0n) is 64.4. The number of hydrogen-bond donors (Lipinski definition) is 8. The van der Waals surface area contributed by atoms with Crippen LogP contribution < -0.4 is 40.9 Å². The number of aliphatic hydroxyl groups is 1. The molecule has 2 amide bonds. The molecule has 1 atom stereocenters. The fourth-order valence-corrected chi connectivity index (χ4v) is 13.3. The Labute approximate surface area is 753 Å². The number of pyridine rings is 4. The lowest BCUT2D eigenvalue weighted by atomic mass is 9.90. The van der Waals surface area contributed by atoms with Crippen LogP contribution in [-0.2, 0) is 16.2 Å². The Kier molecular flexibility index (Phi) is 33.6. The second-order valence-electron chi connectivity index (χ2n) is 24.5. The van der Waals surface area contributed by atoms with Gasteiger partial charge in [-0.3, -0.25) is 38.9 Å². The molecular formula is C89H48Cl7N15O16. The van der Waals surface area contributed by atoms with Gasteiger partial charge in [-0.05, 0) is 75.8 Å². The Morgan fingerprint density at radius 1 is 0.425 bits per heavy atom. The molecule has 0 radical (unpaired) electrons. The summed E-state index contributed by atoms with van der Waals surface area (Å²) in [5.74, 6) is -6.32. The summed E-state index contributed by atoms with van der Waals surface area (Å²) in [4.78, 5) is 122. The van der Waals surface area contributed by atoms with Crippen molar-refractivity contribution in [3.8, 4) is 116 Å². The Hall–Kier alpha value is -16.9. The highest BCUT2D eigenvalue weighted by atomic mass is 35.5. The first-order valence-corrected chi connectivity index (χ1v) is 37.7. The number of aromatic amines is 3. The van der Waals surface area contributed by atoms with E-state index in [1.165, 1.54) is 50.6 Å². The van der Waals surface area contributed by atoms with Crippen molar-refractivity contribution in [2.24, 2.45) is 0 Å². The molecule has 1 aliphatic rings. The number of aromatic nitrogens is 4. The van der Waals surface area contributed by atoms with Crippen molar-refractivity contribution in [2.45, 2.75) is 12.6 Å². The largest absolute Gasteiger partial charge is 0.503 e. The molecule has 0 bridgehead atoms. The number of esters is 2. The van der Waals surface area contributed by atoms with Crippen molar-refractivity contribution in [3.63, 3.8) is 0 Å². The number of methoxy groups -OCH3 is 2. The number of rotatable bonds is 13. The Morgan fingerprint density at radius 3 is 1.06 bits per heavy atom. The summed E-state index contributed by atoms with van der Waals surface area (Å²) in [5.41, 5.74) is -1.16. The molecule has 8 N–H and O–H groups in total. The van der Waals surface area contributed by atoms with E-state index in [-0.39, 0.29) is 137 Å². The highest BCUT2D eigenvalue weighted by Gasteiger charge is 2.41. The number of imide groups is 1. The molecule has 38 heteroatoms. The zero-order chi connectivity index (χ0) is 93.0. The third-order valence-corrected chi connectivity index (χ3v) is 19.3. The second-order valence-corrected chi connectivity index (χ2v) is 27.3. The fraction of sp³-hybridized carbons (Fsp3) is 0.0449. The maximum atomic E-state index is 13.3. The van der Waals surface area contributed by atoms with Crippen molar-refractivity contribution in [3.05, 3.63) is 362 Å². The van der Waals surface area contributed by atoms with Crippen LogP contribution in [-0.4, -0.2) is 89.6 Å². The molecular weight excluding hydrogens is 1780 g/mol. The second kappa shape index (κ2) is 44.6. The van der Waals surface area contributed by atoms with Gasteiger partial charge in [-0.2, -0.15) is 31.3 Å². The molecule has 13 rings (SSSR count). The predicted molar refractivity (Wildman–Crippen MR) is 467 cm³/mol. The summed E-state index contributed by atoms with van der Waals surface area (Å²) in [6, 6.07) is 58.7. The average Bonchev–Trinajstić information content (AvgIpc) is 0.791. The Bertz CT molecular complexity index is 6670. The molecule has 31 nitrogen and oxygen atoms in total. The van der Waals surface area contributed by atoms with Crippen molar-refractivity contribution < 1.29 is 63.3 Å². The molecule has 0 spiro atoms. The third-order valence-electron chi connectivity index (χ3n) is 17.2. The van der Waals surface area contributed by atoms with Gasteiger partial charge in [-0.25, -0.2) is 35.5 Å². The maximum Gasteiger partial charge on any atom is 0.350 e. The van der Waals surface area contributed by atoms with E-state index in [9.17, 15) is 64.0 Å². The minimum absolute atomic E-state index is 0.0233. The van der Waals surface area contributed by atoms with Gasteiger partial charge in [-0.1, -0.05) is 221 Å². The number of halogens is 7. The minimum atomic E-state index is -1.15. The van der Waals surface area contributed by atoms with Gasteiger partial charge in [-0.15, -0.1) is 0 Å². The lowest BCUT2D eigenvalue weighted by Crippen LogP contribution is -2.43. The van der Waals surface area contributed by atoms with Gasteiger partial charge in [0.25, 0.3) is 50.6 Å². The topological polar surface area (TPSA) is 467 Å². The van der Waals surface area contributed by atoms with Gasteiger partial charge in [0.05, 0.1) is 88.9 Å². The number of ether oxygens (including phenoxy) is 4. The van der Waals surface area contributed by atoms with Crippen molar-refractivity contribution in [1.29, 1.82) is 26.3 Å². The Balaban J connectivity index is 0.000000200. The number of carbonyl (C=O) groups is 5. The molecule has 8 aromatic carbocycles. The molecule has 0 fully saturated rings. The van der Waals surface area contributed by atoms with E-state index in [2.05, 4.69) is 44.2 Å². The molecule has 0 saturated carbocycles. The van der Waals surface area contributed by atoms with E-state index in [1.54, 1.807) is 176 Å². The number of aromatic hydroxyl groups is 3. The molecule has 5 heterocycles. The van der Waals surface area contributed by atoms with Crippen LogP contribution in [0.5, 0.6) is 40.9 Å². The number of nitrogens with zero attached hydrogens (tertiary/aromatic N) is 11. The highest BCUT2D eigenvalue weighted by molar-refractivity contribution is 6.69. The molecule has 624 valence electrons. The summed E-state index contributed by atoms with van der Waals surface area (Å²) in [6.45, 7) is 35.4. The number of hydrogen-bond acceptors (Lipinski definition) is 22. The molecule has 0 aliphatic carbocycles. The van der Waals surface area contributed by atoms with Crippen LogP contribution >= 0.6 is 81.2 Å². The van der Waals surface area contributed by atoms with Gasteiger partial charge in [0.2, 0.25) is 11.8 Å². The summed E-state index contributed by atoms with van der Waals surface area (Å²) in [6.07, 6.45) is 0. The molecule has 0 saturated heterocycles. The first-order chi connectivity index (χ1) is 61.0. The fourth-order valence-electron chi connectivity index (χ4n) is 11.7. The predicted octanol–water partition coefficient (Wildman–Crippen LogP) is 18.5. The van der Waals surface area contributed by atoms with Crippen molar-refractivity contribution in [2.75, 3.05) is 14.2 Å². The number of benzene rings is 8. The van der Waals surface area contributed by atoms with Crippen LogP contribution in [0.25, 0.3) is 74.3 Å². The highest BCUT2D eigenvalue weighted by Crippen LogP contribution is 2.47. The summed E-state index contributed by atoms with van der Waals surface area (Å²) < 4.78 is 21.1. The molecule has 1 unspecified atom stereocenters. The summed E-state index contributed by atoms with van der Waals surface area (Å²) >= 11 is 41.5. The minimum Gasteiger partial charge on any atom is -0.503 e. The number of nitriles is 5. The number of carbonyl (C=O) groups excluding carboxylic acids is 5. The zero-order valence-corrected chi connectivity index (χ0v) is 69.7. The first-order valence-electron chi connectivity index (χ1n) is 35.0. The number of H-pyrrole nitrogens is 3. The van der Waals surface area contributed by atoms with Gasteiger partial charge >= 0.3 is 23.9 Å². The van der Waals surface area contributed by atoms with E-state index in [1.807, 2.05) is 11.4 Å². The van der Waals surface area contributed by atoms with Crippen molar-refractivity contribution >= 4 is 139 Å². The van der Waals surface area contributed by atoms with Gasteiger partial charge in [0, 0.05) is 32.8 Å². The van der Waals surface area contributed by atoms with Crippen LogP contribution in [0.4, 0.5) is 22.7 Å². The van der Waals surface area contributed by atoms with Crippen LogP contribution in [0.2, 0.25) is 30.1 Å². The molecule has 127 heavy (non-hydrogen) atoms. The molecule has 4 aromatic heterocycles. The number of aliphatic hydroxyl groups excluding tert-OH is 1. The van der Waals surface area contributed by atoms with E-state index >= 15 is 0 Å². The van der Waals surface area contributed by atoms with E-state index in [0.29, 0.717) is 32.8 Å². The number of nitrogens with one attached hydrogen (secondary N) is 4. The van der Waals surface area contributed by atoms with Crippen LogP contribution in [0, 0.1) is 89.5 Å². The smallest absolute Gasteiger partial charge is 0.350 e. The normalized spacial score (nSPS) is 11.1. The quantitative estimate of drug-likeness (QED) is 0.0230. The van der Waals surface area contributed by atoms with Crippen LogP contribution in [0.15, 0.2) is 208 Å². The first kappa shape index (κ1) is 95.6. The van der Waals surface area contributed by atoms with Crippen molar-refractivity contribution in [1.82, 2.24) is 25.3 Å². The molecule has 1 aliphatic heterocycles.